The molecule has 0 amide bonds. The average molecular weight is 233 g/mol. The number of carbonyl (C=O) groups excluding carboxylic acids is 1. The van der Waals surface area contributed by atoms with Gasteiger partial charge in [-0.05, 0) is 43.0 Å². The number of hydrogen-bond donors (Lipinski definition) is 0. The van der Waals surface area contributed by atoms with E-state index >= 15 is 0 Å². The van der Waals surface area contributed by atoms with Crippen molar-refractivity contribution in [3.05, 3.63) is 29.8 Å². The minimum absolute atomic E-state index is 0.726. The molecule has 0 saturated carbocycles. The standard InChI is InChI=1S/C15H23NO/c1-4-10-16(11-9-13(2)3)15-7-5-14(12-17)6-8-15/h5-8,12-13H,4,9-11H2,1-3H3. The molecule has 0 aliphatic carbocycles. The van der Waals surface area contributed by atoms with Crippen molar-refractivity contribution >= 4 is 12.0 Å². The highest BCUT2D eigenvalue weighted by atomic mass is 16.1. The third-order valence-electron chi connectivity index (χ3n) is 2.86. The molecular formula is C15H23NO. The summed E-state index contributed by atoms with van der Waals surface area (Å²) < 4.78 is 0. The normalized spacial score (nSPS) is 10.6. The summed E-state index contributed by atoms with van der Waals surface area (Å²) in [5.41, 5.74) is 1.96. The summed E-state index contributed by atoms with van der Waals surface area (Å²) in [7, 11) is 0. The van der Waals surface area contributed by atoms with Crippen LogP contribution in [0.5, 0.6) is 0 Å². The molecule has 0 saturated heterocycles. The van der Waals surface area contributed by atoms with Gasteiger partial charge >= 0.3 is 0 Å². The fraction of sp³-hybridized carbons (Fsp3) is 0.533. The second-order valence-corrected chi connectivity index (χ2v) is 4.88. The third-order valence-corrected chi connectivity index (χ3v) is 2.86. The molecule has 2 heteroatoms. The lowest BCUT2D eigenvalue weighted by Crippen LogP contribution is -2.26. The van der Waals surface area contributed by atoms with Crippen molar-refractivity contribution in [1.82, 2.24) is 0 Å². The van der Waals surface area contributed by atoms with E-state index in [0.717, 1.165) is 37.3 Å². The smallest absolute Gasteiger partial charge is 0.150 e. The molecule has 0 aromatic heterocycles. The fourth-order valence-corrected chi connectivity index (χ4v) is 1.82. The number of benzene rings is 1. The molecule has 0 aliphatic heterocycles. The number of anilines is 1. The van der Waals surface area contributed by atoms with E-state index < -0.39 is 0 Å². The fourth-order valence-electron chi connectivity index (χ4n) is 1.82. The maximum atomic E-state index is 10.6. The van der Waals surface area contributed by atoms with E-state index in [0.29, 0.717) is 0 Å². The molecule has 1 rings (SSSR count). The quantitative estimate of drug-likeness (QED) is 0.668. The number of carbonyl (C=O) groups is 1. The Morgan fingerprint density at radius 1 is 1.18 bits per heavy atom. The topological polar surface area (TPSA) is 20.3 Å². The monoisotopic (exact) mass is 233 g/mol. The lowest BCUT2D eigenvalue weighted by Gasteiger charge is -2.25. The average Bonchev–Trinajstić information content (AvgIpc) is 2.34. The van der Waals surface area contributed by atoms with Gasteiger partial charge in [-0.1, -0.05) is 20.8 Å². The predicted molar refractivity (Wildman–Crippen MR) is 73.8 cm³/mol. The van der Waals surface area contributed by atoms with Crippen LogP contribution in [-0.4, -0.2) is 19.4 Å². The zero-order valence-corrected chi connectivity index (χ0v) is 11.1. The Labute approximate surface area is 105 Å². The first-order valence-electron chi connectivity index (χ1n) is 6.47. The third kappa shape index (κ3) is 4.59. The van der Waals surface area contributed by atoms with Crippen LogP contribution in [0.1, 0.15) is 44.0 Å². The van der Waals surface area contributed by atoms with E-state index in [-0.39, 0.29) is 0 Å². The predicted octanol–water partition coefficient (Wildman–Crippen LogP) is 3.76. The maximum Gasteiger partial charge on any atom is 0.150 e. The molecule has 1 aromatic rings. The van der Waals surface area contributed by atoms with E-state index in [9.17, 15) is 4.79 Å². The summed E-state index contributed by atoms with van der Waals surface area (Å²) in [5.74, 6) is 0.726. The van der Waals surface area contributed by atoms with Crippen LogP contribution in [0.3, 0.4) is 0 Å². The van der Waals surface area contributed by atoms with Crippen LogP contribution in [0.4, 0.5) is 5.69 Å². The molecule has 0 aliphatic rings. The molecule has 94 valence electrons. The zero-order valence-electron chi connectivity index (χ0n) is 11.1. The second kappa shape index (κ2) is 7.10. The van der Waals surface area contributed by atoms with Crippen molar-refractivity contribution in [2.75, 3.05) is 18.0 Å². The van der Waals surface area contributed by atoms with Gasteiger partial charge in [0.15, 0.2) is 0 Å². The van der Waals surface area contributed by atoms with Crippen LogP contribution < -0.4 is 4.90 Å². The molecule has 17 heavy (non-hydrogen) atoms. The van der Waals surface area contributed by atoms with Crippen LogP contribution in [0, 0.1) is 5.92 Å². The first-order valence-corrected chi connectivity index (χ1v) is 6.47. The summed E-state index contributed by atoms with van der Waals surface area (Å²) in [6.45, 7) is 8.86. The van der Waals surface area contributed by atoms with E-state index in [2.05, 4.69) is 25.7 Å². The van der Waals surface area contributed by atoms with E-state index in [4.69, 9.17) is 0 Å². The molecular weight excluding hydrogens is 210 g/mol. The lowest BCUT2D eigenvalue weighted by molar-refractivity contribution is 0.112. The number of rotatable bonds is 7. The Balaban J connectivity index is 2.70. The van der Waals surface area contributed by atoms with Crippen molar-refractivity contribution in [3.63, 3.8) is 0 Å². The van der Waals surface area contributed by atoms with Gasteiger partial charge in [-0.15, -0.1) is 0 Å². The molecule has 0 N–H and O–H groups in total. The molecule has 2 nitrogen and oxygen atoms in total. The van der Waals surface area contributed by atoms with Gasteiger partial charge in [0, 0.05) is 24.3 Å². The second-order valence-electron chi connectivity index (χ2n) is 4.88. The molecule has 0 heterocycles. The minimum Gasteiger partial charge on any atom is -0.372 e. The summed E-state index contributed by atoms with van der Waals surface area (Å²) in [5, 5.41) is 0. The highest BCUT2D eigenvalue weighted by Crippen LogP contribution is 2.16. The Hall–Kier alpha value is -1.31. The van der Waals surface area contributed by atoms with Crippen molar-refractivity contribution in [2.45, 2.75) is 33.6 Å². The van der Waals surface area contributed by atoms with Gasteiger partial charge in [0.05, 0.1) is 0 Å². The highest BCUT2D eigenvalue weighted by molar-refractivity contribution is 5.75. The van der Waals surface area contributed by atoms with Gasteiger partial charge in [-0.25, -0.2) is 0 Å². The van der Waals surface area contributed by atoms with E-state index in [1.54, 1.807) is 0 Å². The van der Waals surface area contributed by atoms with E-state index in [1.165, 1.54) is 12.1 Å². The number of hydrogen-bond acceptors (Lipinski definition) is 2. The van der Waals surface area contributed by atoms with Crippen molar-refractivity contribution in [2.24, 2.45) is 5.92 Å². The lowest BCUT2D eigenvalue weighted by atomic mass is 10.1. The van der Waals surface area contributed by atoms with Crippen LogP contribution in [0.25, 0.3) is 0 Å². The van der Waals surface area contributed by atoms with Crippen LogP contribution in [0.15, 0.2) is 24.3 Å². The maximum absolute atomic E-state index is 10.6. The van der Waals surface area contributed by atoms with Crippen molar-refractivity contribution in [1.29, 1.82) is 0 Å². The Kier molecular flexibility index (Phi) is 5.75. The Bertz CT molecular complexity index is 329. The SMILES string of the molecule is CCCN(CCC(C)C)c1ccc(C=O)cc1. The van der Waals surface area contributed by atoms with Crippen molar-refractivity contribution in [3.8, 4) is 0 Å². The summed E-state index contributed by atoms with van der Waals surface area (Å²) in [6.07, 6.45) is 3.24. The minimum atomic E-state index is 0.726. The van der Waals surface area contributed by atoms with E-state index in [1.807, 2.05) is 24.3 Å². The Morgan fingerprint density at radius 3 is 2.29 bits per heavy atom. The zero-order chi connectivity index (χ0) is 12.7. The van der Waals surface area contributed by atoms with Gasteiger partial charge in [0.1, 0.15) is 6.29 Å². The molecule has 0 fully saturated rings. The molecule has 0 spiro atoms. The highest BCUT2D eigenvalue weighted by Gasteiger charge is 2.06. The summed E-state index contributed by atoms with van der Waals surface area (Å²) in [6, 6.07) is 7.86. The van der Waals surface area contributed by atoms with Crippen molar-refractivity contribution < 1.29 is 4.79 Å². The molecule has 0 radical (unpaired) electrons. The molecule has 0 unspecified atom stereocenters. The van der Waals surface area contributed by atoms with Crippen LogP contribution in [0.2, 0.25) is 0 Å². The number of nitrogens with zero attached hydrogens (tertiary/aromatic N) is 1. The molecule has 0 bridgehead atoms. The van der Waals surface area contributed by atoms with Crippen LogP contribution >= 0.6 is 0 Å². The summed E-state index contributed by atoms with van der Waals surface area (Å²) in [4.78, 5) is 13.0. The largest absolute Gasteiger partial charge is 0.372 e. The molecule has 0 atom stereocenters. The number of aldehydes is 1. The van der Waals surface area contributed by atoms with Gasteiger partial charge in [0.25, 0.3) is 0 Å². The summed E-state index contributed by atoms with van der Waals surface area (Å²) >= 11 is 0. The first kappa shape index (κ1) is 13.8. The van der Waals surface area contributed by atoms with Gasteiger partial charge in [-0.3, -0.25) is 4.79 Å². The van der Waals surface area contributed by atoms with Gasteiger partial charge < -0.3 is 4.90 Å². The van der Waals surface area contributed by atoms with Crippen LogP contribution in [-0.2, 0) is 0 Å². The van der Waals surface area contributed by atoms with Gasteiger partial charge in [-0.2, -0.15) is 0 Å². The molecule has 1 aromatic carbocycles. The Morgan fingerprint density at radius 2 is 1.82 bits per heavy atom. The van der Waals surface area contributed by atoms with Gasteiger partial charge in [0.2, 0.25) is 0 Å². The first-order chi connectivity index (χ1) is 8.17.